The molecule has 0 spiro atoms. The monoisotopic (exact) mass is 260 g/mol. The molecule has 0 amide bonds. The number of pyridine rings is 1. The van der Waals surface area contributed by atoms with E-state index in [1.165, 1.54) is 0 Å². The number of hydrogen-bond acceptors (Lipinski definition) is 3. The van der Waals surface area contributed by atoms with E-state index in [1.807, 2.05) is 0 Å². The fraction of sp³-hybridized carbons (Fsp3) is 0.500. The van der Waals surface area contributed by atoms with E-state index in [1.54, 1.807) is 18.2 Å². The maximum Gasteiger partial charge on any atom is 0.236 e. The Bertz CT molecular complexity index is 469. The smallest absolute Gasteiger partial charge is 0.236 e. The third kappa shape index (κ3) is 2.65. The second kappa shape index (κ2) is 4.59. The molecule has 1 aliphatic rings. The number of hydrogen-bond donors (Lipinski definition) is 1. The summed E-state index contributed by atoms with van der Waals surface area (Å²) < 4.78 is 26.3. The van der Waals surface area contributed by atoms with Crippen LogP contribution in [0.5, 0.6) is 0 Å². The van der Waals surface area contributed by atoms with Gasteiger partial charge in [0.25, 0.3) is 0 Å². The van der Waals surface area contributed by atoms with Crippen LogP contribution in [0.25, 0.3) is 0 Å². The first-order valence-corrected chi connectivity index (χ1v) is 7.14. The maximum absolute atomic E-state index is 11.9. The summed E-state index contributed by atoms with van der Waals surface area (Å²) in [4.78, 5) is 3.90. The Balaban J connectivity index is 2.14. The van der Waals surface area contributed by atoms with Crippen molar-refractivity contribution in [3.05, 3.63) is 23.4 Å². The zero-order valence-electron chi connectivity index (χ0n) is 8.69. The molecule has 88 valence electrons. The van der Waals surface area contributed by atoms with E-state index in [9.17, 15) is 8.42 Å². The molecule has 1 heterocycles. The normalized spacial score (nSPS) is 17.6. The lowest BCUT2D eigenvalue weighted by molar-refractivity contribution is 0.585. The molecule has 0 unspecified atom stereocenters. The zero-order chi connectivity index (χ0) is 11.6. The van der Waals surface area contributed by atoms with Crippen molar-refractivity contribution in [1.29, 1.82) is 0 Å². The average molecular weight is 261 g/mol. The van der Waals surface area contributed by atoms with Crippen LogP contribution in [0.4, 0.5) is 5.82 Å². The van der Waals surface area contributed by atoms with E-state index in [2.05, 4.69) is 9.71 Å². The number of rotatable bonds is 3. The lowest BCUT2D eigenvalue weighted by Crippen LogP contribution is -2.25. The molecule has 4 nitrogen and oxygen atoms in total. The van der Waals surface area contributed by atoms with Crippen molar-refractivity contribution in [2.45, 2.75) is 30.9 Å². The van der Waals surface area contributed by atoms with Crippen LogP contribution < -0.4 is 4.72 Å². The molecule has 1 aromatic rings. The SMILES string of the molecule is O=S(=O)(Nc1cccc(Cl)n1)C1CCCC1. The van der Waals surface area contributed by atoms with Gasteiger partial charge in [0.1, 0.15) is 11.0 Å². The van der Waals surface area contributed by atoms with Gasteiger partial charge >= 0.3 is 0 Å². The first-order chi connectivity index (χ1) is 7.58. The van der Waals surface area contributed by atoms with Crippen molar-refractivity contribution in [3.8, 4) is 0 Å². The summed E-state index contributed by atoms with van der Waals surface area (Å²) in [6.07, 6.45) is 3.43. The zero-order valence-corrected chi connectivity index (χ0v) is 10.3. The van der Waals surface area contributed by atoms with Gasteiger partial charge in [-0.2, -0.15) is 0 Å². The molecule has 2 rings (SSSR count). The largest absolute Gasteiger partial charge is 0.267 e. The summed E-state index contributed by atoms with van der Waals surface area (Å²) >= 11 is 5.69. The van der Waals surface area contributed by atoms with Crippen molar-refractivity contribution in [2.24, 2.45) is 0 Å². The van der Waals surface area contributed by atoms with E-state index in [0.717, 1.165) is 25.7 Å². The molecule has 0 saturated heterocycles. The minimum Gasteiger partial charge on any atom is -0.267 e. The van der Waals surface area contributed by atoms with Crippen LogP contribution in [0.15, 0.2) is 18.2 Å². The molecule has 16 heavy (non-hydrogen) atoms. The summed E-state index contributed by atoms with van der Waals surface area (Å²) in [6.45, 7) is 0. The molecule has 0 aromatic carbocycles. The van der Waals surface area contributed by atoms with Crippen LogP contribution in [0.2, 0.25) is 5.15 Å². The van der Waals surface area contributed by atoms with Crippen LogP contribution in [0, 0.1) is 0 Å². The Labute approximate surface area is 100 Å². The number of nitrogens with one attached hydrogen (secondary N) is 1. The van der Waals surface area contributed by atoms with Crippen molar-refractivity contribution < 1.29 is 8.42 Å². The minimum absolute atomic E-state index is 0.284. The molecule has 0 atom stereocenters. The van der Waals surface area contributed by atoms with Gasteiger partial charge in [0.2, 0.25) is 10.0 Å². The van der Waals surface area contributed by atoms with Gasteiger partial charge < -0.3 is 0 Å². The first-order valence-electron chi connectivity index (χ1n) is 5.22. The molecule has 6 heteroatoms. The lowest BCUT2D eigenvalue weighted by Gasteiger charge is -2.12. The van der Waals surface area contributed by atoms with Crippen molar-refractivity contribution >= 4 is 27.4 Å². The van der Waals surface area contributed by atoms with Crippen LogP contribution >= 0.6 is 11.6 Å². The molecule has 1 saturated carbocycles. The molecule has 0 aliphatic heterocycles. The summed E-state index contributed by atoms with van der Waals surface area (Å²) in [5, 5.41) is -0.0000893. The molecular formula is C10H13ClN2O2S. The third-order valence-corrected chi connectivity index (χ3v) is 4.76. The topological polar surface area (TPSA) is 59.1 Å². The molecular weight excluding hydrogens is 248 g/mol. The second-order valence-corrected chi connectivity index (χ2v) is 6.25. The minimum atomic E-state index is -3.30. The molecule has 0 radical (unpaired) electrons. The Hall–Kier alpha value is -0.810. The Morgan fingerprint density at radius 3 is 2.62 bits per heavy atom. The van der Waals surface area contributed by atoms with Crippen LogP contribution in [0.3, 0.4) is 0 Å². The Morgan fingerprint density at radius 2 is 2.00 bits per heavy atom. The molecule has 1 N–H and O–H groups in total. The van der Waals surface area contributed by atoms with E-state index in [4.69, 9.17) is 11.6 Å². The molecule has 0 bridgehead atoms. The number of aromatic nitrogens is 1. The quantitative estimate of drug-likeness (QED) is 0.849. The predicted octanol–water partition coefficient (Wildman–Crippen LogP) is 2.42. The molecule has 1 aromatic heterocycles. The van der Waals surface area contributed by atoms with Gasteiger partial charge in [0.15, 0.2) is 0 Å². The van der Waals surface area contributed by atoms with Gasteiger partial charge in [-0.1, -0.05) is 30.5 Å². The molecule has 1 aliphatic carbocycles. The average Bonchev–Trinajstić information content (AvgIpc) is 2.69. The van der Waals surface area contributed by atoms with Gasteiger partial charge in [0, 0.05) is 0 Å². The van der Waals surface area contributed by atoms with Crippen molar-refractivity contribution in [2.75, 3.05) is 4.72 Å². The van der Waals surface area contributed by atoms with Gasteiger partial charge in [-0.15, -0.1) is 0 Å². The fourth-order valence-corrected chi connectivity index (χ4v) is 3.58. The summed E-state index contributed by atoms with van der Waals surface area (Å²) in [7, 11) is -3.30. The fourth-order valence-electron chi connectivity index (χ4n) is 1.89. The predicted molar refractivity (Wildman–Crippen MR) is 64.0 cm³/mol. The highest BCUT2D eigenvalue weighted by molar-refractivity contribution is 7.93. The second-order valence-electron chi connectivity index (χ2n) is 3.90. The van der Waals surface area contributed by atoms with Gasteiger partial charge in [0.05, 0.1) is 5.25 Å². The van der Waals surface area contributed by atoms with Gasteiger partial charge in [-0.3, -0.25) is 4.72 Å². The highest BCUT2D eigenvalue weighted by atomic mass is 35.5. The Kier molecular flexibility index (Phi) is 3.35. The van der Waals surface area contributed by atoms with Gasteiger partial charge in [-0.05, 0) is 25.0 Å². The Morgan fingerprint density at radius 1 is 1.31 bits per heavy atom. The lowest BCUT2D eigenvalue weighted by atomic mass is 10.4. The van der Waals surface area contributed by atoms with E-state index in [0.29, 0.717) is 5.82 Å². The third-order valence-electron chi connectivity index (χ3n) is 2.70. The highest BCUT2D eigenvalue weighted by Gasteiger charge is 2.28. The molecule has 1 fully saturated rings. The van der Waals surface area contributed by atoms with Crippen molar-refractivity contribution in [3.63, 3.8) is 0 Å². The van der Waals surface area contributed by atoms with Crippen LogP contribution in [-0.4, -0.2) is 18.7 Å². The van der Waals surface area contributed by atoms with Crippen LogP contribution in [0.1, 0.15) is 25.7 Å². The van der Waals surface area contributed by atoms with E-state index < -0.39 is 10.0 Å². The number of nitrogens with zero attached hydrogens (tertiary/aromatic N) is 1. The first kappa shape index (κ1) is 11.7. The standard InChI is InChI=1S/C10H13ClN2O2S/c11-9-6-3-7-10(12-9)13-16(14,15)8-4-1-2-5-8/h3,6-8H,1-2,4-5H2,(H,12,13). The van der Waals surface area contributed by atoms with E-state index in [-0.39, 0.29) is 10.4 Å². The van der Waals surface area contributed by atoms with Crippen molar-refractivity contribution in [1.82, 2.24) is 4.98 Å². The number of anilines is 1. The van der Waals surface area contributed by atoms with Crippen LogP contribution in [-0.2, 0) is 10.0 Å². The summed E-state index contributed by atoms with van der Waals surface area (Å²) in [5.74, 6) is 0.291. The number of halogens is 1. The van der Waals surface area contributed by atoms with E-state index >= 15 is 0 Å². The highest BCUT2D eigenvalue weighted by Crippen LogP contribution is 2.25. The maximum atomic E-state index is 11.9. The summed E-state index contributed by atoms with van der Waals surface area (Å²) in [5.41, 5.74) is 0. The van der Waals surface area contributed by atoms with Gasteiger partial charge in [-0.25, -0.2) is 13.4 Å². The number of sulfonamides is 1. The summed E-state index contributed by atoms with van der Waals surface area (Å²) in [6, 6.07) is 4.87.